The predicted octanol–water partition coefficient (Wildman–Crippen LogP) is 1.37. The molecule has 64 valence electrons. The molecule has 1 aliphatic carbocycles. The predicted molar refractivity (Wildman–Crippen MR) is 45.1 cm³/mol. The van der Waals surface area contributed by atoms with Crippen LogP contribution in [0.3, 0.4) is 0 Å². The number of aromatic hydroxyl groups is 1. The second-order valence-corrected chi connectivity index (χ2v) is 3.23. The van der Waals surface area contributed by atoms with Crippen LogP contribution >= 0.6 is 0 Å². The van der Waals surface area contributed by atoms with Crippen molar-refractivity contribution in [1.29, 1.82) is 0 Å². The quantitative estimate of drug-likeness (QED) is 0.630. The normalized spacial score (nSPS) is 15.8. The minimum absolute atomic E-state index is 0.0932. The first-order valence-electron chi connectivity index (χ1n) is 4.33. The molecule has 0 radical (unpaired) electrons. The van der Waals surface area contributed by atoms with E-state index in [1.165, 1.54) is 12.8 Å². The van der Waals surface area contributed by atoms with Gasteiger partial charge in [0.15, 0.2) is 0 Å². The highest BCUT2D eigenvalue weighted by Gasteiger charge is 2.13. The van der Waals surface area contributed by atoms with Crippen molar-refractivity contribution in [2.45, 2.75) is 32.6 Å². The van der Waals surface area contributed by atoms with Crippen molar-refractivity contribution in [2.24, 2.45) is 0 Å². The number of rotatable bonds is 0. The van der Waals surface area contributed by atoms with Gasteiger partial charge in [-0.2, -0.15) is 0 Å². The molecule has 1 N–H and O–H groups in total. The third kappa shape index (κ3) is 1.15. The smallest absolute Gasteiger partial charge is 0.233 e. The second kappa shape index (κ2) is 2.73. The average Bonchev–Trinajstić information content (AvgIpc) is 2.07. The maximum absolute atomic E-state index is 9.30. The Morgan fingerprint density at radius 2 is 1.67 bits per heavy atom. The summed E-state index contributed by atoms with van der Waals surface area (Å²) in [5.41, 5.74) is 2.72. The lowest BCUT2D eigenvalue weighted by Gasteiger charge is -2.13. The fraction of sp³-hybridized carbons (Fsp3) is 0.556. The Labute approximate surface area is 71.5 Å². The van der Waals surface area contributed by atoms with Crippen molar-refractivity contribution in [3.05, 3.63) is 17.1 Å². The Hall–Kier alpha value is -1.12. The van der Waals surface area contributed by atoms with Crippen LogP contribution in [0.2, 0.25) is 0 Å². The summed E-state index contributed by atoms with van der Waals surface area (Å²) < 4.78 is 0. The summed E-state index contributed by atoms with van der Waals surface area (Å²) in [6.45, 7) is 1.79. The van der Waals surface area contributed by atoms with E-state index in [-0.39, 0.29) is 5.88 Å². The molecule has 0 spiro atoms. The molecule has 0 aromatic carbocycles. The minimum atomic E-state index is 0.0932. The molecule has 1 heterocycles. The van der Waals surface area contributed by atoms with Crippen molar-refractivity contribution in [3.63, 3.8) is 0 Å². The minimum Gasteiger partial charge on any atom is -0.492 e. The van der Waals surface area contributed by atoms with Gasteiger partial charge in [-0.25, -0.2) is 4.98 Å². The lowest BCUT2D eigenvalue weighted by Crippen LogP contribution is -2.08. The highest BCUT2D eigenvalue weighted by atomic mass is 16.3. The highest BCUT2D eigenvalue weighted by molar-refractivity contribution is 5.24. The van der Waals surface area contributed by atoms with E-state index in [0.717, 1.165) is 24.2 Å². The standard InChI is InChI=1S/C9H12N2O/c1-6-9(12)11-8-5-3-2-4-7(8)10-6/h2-5H2,1H3,(H,11,12). The van der Waals surface area contributed by atoms with Crippen LogP contribution in [0.1, 0.15) is 29.9 Å². The van der Waals surface area contributed by atoms with E-state index in [1.807, 2.05) is 0 Å². The van der Waals surface area contributed by atoms with E-state index in [2.05, 4.69) is 9.97 Å². The van der Waals surface area contributed by atoms with Gasteiger partial charge in [-0.1, -0.05) is 0 Å². The molecule has 0 saturated heterocycles. The molecule has 12 heavy (non-hydrogen) atoms. The molecule has 1 aromatic heterocycles. The van der Waals surface area contributed by atoms with E-state index >= 15 is 0 Å². The van der Waals surface area contributed by atoms with Crippen LogP contribution < -0.4 is 0 Å². The van der Waals surface area contributed by atoms with Crippen LogP contribution in [0.4, 0.5) is 0 Å². The largest absolute Gasteiger partial charge is 0.492 e. The van der Waals surface area contributed by atoms with Gasteiger partial charge in [-0.15, -0.1) is 0 Å². The number of aryl methyl sites for hydroxylation is 3. The summed E-state index contributed by atoms with van der Waals surface area (Å²) in [6, 6.07) is 0. The van der Waals surface area contributed by atoms with E-state index < -0.39 is 0 Å². The Bertz CT molecular complexity index is 279. The summed E-state index contributed by atoms with van der Waals surface area (Å²) in [5, 5.41) is 9.30. The van der Waals surface area contributed by atoms with Gasteiger partial charge >= 0.3 is 0 Å². The number of aromatic nitrogens is 2. The van der Waals surface area contributed by atoms with Crippen LogP contribution in [0.25, 0.3) is 0 Å². The molecule has 1 aliphatic rings. The Kier molecular flexibility index (Phi) is 1.71. The second-order valence-electron chi connectivity index (χ2n) is 3.23. The van der Waals surface area contributed by atoms with Crippen LogP contribution in [0.15, 0.2) is 0 Å². The van der Waals surface area contributed by atoms with Crippen LogP contribution in [0.5, 0.6) is 5.88 Å². The van der Waals surface area contributed by atoms with Crippen LogP contribution in [-0.2, 0) is 12.8 Å². The topological polar surface area (TPSA) is 46.0 Å². The zero-order valence-electron chi connectivity index (χ0n) is 7.17. The van der Waals surface area contributed by atoms with Gasteiger partial charge in [0.2, 0.25) is 5.88 Å². The third-order valence-corrected chi connectivity index (χ3v) is 2.28. The van der Waals surface area contributed by atoms with E-state index in [1.54, 1.807) is 6.92 Å². The molecule has 0 amide bonds. The molecule has 0 fully saturated rings. The van der Waals surface area contributed by atoms with E-state index in [0.29, 0.717) is 5.69 Å². The highest BCUT2D eigenvalue weighted by Crippen LogP contribution is 2.21. The molecule has 0 saturated carbocycles. The molecule has 0 bridgehead atoms. The zero-order valence-corrected chi connectivity index (χ0v) is 7.17. The van der Waals surface area contributed by atoms with Crippen molar-refractivity contribution in [2.75, 3.05) is 0 Å². The van der Waals surface area contributed by atoms with Crippen molar-refractivity contribution < 1.29 is 5.11 Å². The molecule has 3 nitrogen and oxygen atoms in total. The molecule has 1 aromatic rings. The molecule has 2 rings (SSSR count). The van der Waals surface area contributed by atoms with Gasteiger partial charge in [-0.05, 0) is 32.6 Å². The maximum Gasteiger partial charge on any atom is 0.233 e. The maximum atomic E-state index is 9.30. The van der Waals surface area contributed by atoms with Crippen LogP contribution in [0, 0.1) is 6.92 Å². The third-order valence-electron chi connectivity index (χ3n) is 2.28. The molecule has 0 aliphatic heterocycles. The van der Waals surface area contributed by atoms with Crippen molar-refractivity contribution in [1.82, 2.24) is 9.97 Å². The molecule has 0 unspecified atom stereocenters. The van der Waals surface area contributed by atoms with Gasteiger partial charge in [-0.3, -0.25) is 4.98 Å². The van der Waals surface area contributed by atoms with E-state index in [9.17, 15) is 5.11 Å². The van der Waals surface area contributed by atoms with Gasteiger partial charge in [0.05, 0.1) is 17.1 Å². The SMILES string of the molecule is Cc1nc2c(nc1O)CCCC2. The summed E-state index contributed by atoms with van der Waals surface area (Å²) in [4.78, 5) is 8.41. The lowest BCUT2D eigenvalue weighted by molar-refractivity contribution is 0.438. The zero-order chi connectivity index (χ0) is 8.55. The van der Waals surface area contributed by atoms with Crippen molar-refractivity contribution >= 4 is 0 Å². The van der Waals surface area contributed by atoms with E-state index in [4.69, 9.17) is 0 Å². The monoisotopic (exact) mass is 164 g/mol. The summed E-state index contributed by atoms with van der Waals surface area (Å²) in [5.74, 6) is 0.0932. The summed E-state index contributed by atoms with van der Waals surface area (Å²) >= 11 is 0. The Morgan fingerprint density at radius 1 is 1.08 bits per heavy atom. The fourth-order valence-electron chi connectivity index (χ4n) is 1.58. The number of fused-ring (bicyclic) bond motifs is 1. The van der Waals surface area contributed by atoms with Crippen molar-refractivity contribution in [3.8, 4) is 5.88 Å². The molecule has 3 heteroatoms. The average molecular weight is 164 g/mol. The number of hydrogen-bond acceptors (Lipinski definition) is 3. The fourth-order valence-corrected chi connectivity index (χ4v) is 1.58. The van der Waals surface area contributed by atoms with Gasteiger partial charge < -0.3 is 5.11 Å². The molecular weight excluding hydrogens is 152 g/mol. The Balaban J connectivity index is 2.49. The first-order valence-corrected chi connectivity index (χ1v) is 4.33. The van der Waals surface area contributed by atoms with Crippen LogP contribution in [-0.4, -0.2) is 15.1 Å². The number of nitrogens with zero attached hydrogens (tertiary/aromatic N) is 2. The first kappa shape index (κ1) is 7.53. The summed E-state index contributed by atoms with van der Waals surface area (Å²) in [7, 11) is 0. The summed E-state index contributed by atoms with van der Waals surface area (Å²) in [6.07, 6.45) is 4.36. The first-order chi connectivity index (χ1) is 5.77. The van der Waals surface area contributed by atoms with Gasteiger partial charge in [0.25, 0.3) is 0 Å². The lowest BCUT2D eigenvalue weighted by atomic mass is 10.0. The molecule has 0 atom stereocenters. The van der Waals surface area contributed by atoms with Gasteiger partial charge in [0.1, 0.15) is 0 Å². The number of hydrogen-bond donors (Lipinski definition) is 1. The van der Waals surface area contributed by atoms with Gasteiger partial charge in [0, 0.05) is 0 Å². The Morgan fingerprint density at radius 3 is 2.33 bits per heavy atom. The molecular formula is C9H12N2O.